The SMILES string of the molecule is CCCCCCCCCCCCCCOc1ccc(C=NCC(=O)N[C@@H](Cc2ccc(O)cc2)C(=O)O)c(O)c1. The smallest absolute Gasteiger partial charge is 0.326 e. The fourth-order valence-corrected chi connectivity index (χ4v) is 4.39. The molecule has 220 valence electrons. The van der Waals surface area contributed by atoms with Crippen LogP contribution in [0.4, 0.5) is 0 Å². The monoisotopic (exact) mass is 554 g/mol. The molecule has 0 aromatic heterocycles. The van der Waals surface area contributed by atoms with Gasteiger partial charge in [-0.3, -0.25) is 9.79 Å². The second kappa shape index (κ2) is 19.5. The lowest BCUT2D eigenvalue weighted by atomic mass is 10.1. The topological polar surface area (TPSA) is 128 Å². The number of carbonyl (C=O) groups excluding carboxylic acids is 1. The first kappa shape index (κ1) is 32.7. The van der Waals surface area contributed by atoms with Gasteiger partial charge in [-0.05, 0) is 36.2 Å². The summed E-state index contributed by atoms with van der Waals surface area (Å²) in [6, 6.07) is 9.95. The summed E-state index contributed by atoms with van der Waals surface area (Å²) in [4.78, 5) is 27.8. The molecule has 0 saturated carbocycles. The molecule has 0 aliphatic heterocycles. The number of carbonyl (C=O) groups is 2. The zero-order valence-electron chi connectivity index (χ0n) is 23.8. The largest absolute Gasteiger partial charge is 0.508 e. The molecule has 8 nitrogen and oxygen atoms in total. The fourth-order valence-electron chi connectivity index (χ4n) is 4.39. The standard InChI is InChI=1S/C32H46N2O6/c1-2-3-4-5-6-7-8-9-10-11-12-13-20-40-28-19-16-26(30(36)22-28)23-33-24-31(37)34-29(32(38)39)21-25-14-17-27(35)18-15-25/h14-19,22-23,29,35-36H,2-13,20-21,24H2,1H3,(H,34,37)(H,38,39)/t29-/m0/s1. The van der Waals surface area contributed by atoms with Gasteiger partial charge in [-0.1, -0.05) is 89.7 Å². The van der Waals surface area contributed by atoms with Crippen LogP contribution < -0.4 is 10.1 Å². The van der Waals surface area contributed by atoms with Crippen molar-refractivity contribution in [3.05, 3.63) is 53.6 Å². The van der Waals surface area contributed by atoms with Crippen molar-refractivity contribution in [2.45, 2.75) is 96.4 Å². The predicted octanol–water partition coefficient (Wildman–Crippen LogP) is 6.41. The summed E-state index contributed by atoms with van der Waals surface area (Å²) >= 11 is 0. The van der Waals surface area contributed by atoms with Gasteiger partial charge in [0.2, 0.25) is 5.91 Å². The number of unbranched alkanes of at least 4 members (excludes halogenated alkanes) is 11. The lowest BCUT2D eigenvalue weighted by Crippen LogP contribution is -2.43. The van der Waals surface area contributed by atoms with Crippen molar-refractivity contribution < 1.29 is 29.6 Å². The van der Waals surface area contributed by atoms with Crippen LogP contribution in [0.5, 0.6) is 17.2 Å². The Morgan fingerprint density at radius 2 is 1.48 bits per heavy atom. The van der Waals surface area contributed by atoms with Gasteiger partial charge in [0.25, 0.3) is 0 Å². The van der Waals surface area contributed by atoms with Crippen LogP contribution in [0.25, 0.3) is 0 Å². The second-order valence-corrected chi connectivity index (χ2v) is 10.3. The quantitative estimate of drug-likeness (QED) is 0.104. The number of carboxylic acid groups (broad SMARTS) is 1. The Morgan fingerprint density at radius 3 is 2.05 bits per heavy atom. The Balaban J connectivity index is 1.62. The van der Waals surface area contributed by atoms with Gasteiger partial charge in [0.05, 0.1) is 6.61 Å². The second-order valence-electron chi connectivity index (χ2n) is 10.3. The third-order valence-electron chi connectivity index (χ3n) is 6.74. The number of hydrogen-bond donors (Lipinski definition) is 4. The van der Waals surface area contributed by atoms with E-state index in [1.165, 1.54) is 88.6 Å². The van der Waals surface area contributed by atoms with Crippen LogP contribution in [0.2, 0.25) is 0 Å². The number of aliphatic carboxylic acids is 1. The molecular formula is C32H46N2O6. The number of hydrogen-bond acceptors (Lipinski definition) is 6. The lowest BCUT2D eigenvalue weighted by Gasteiger charge is -2.14. The van der Waals surface area contributed by atoms with Crippen molar-refractivity contribution in [3.8, 4) is 17.2 Å². The number of ether oxygens (including phenoxy) is 1. The van der Waals surface area contributed by atoms with Crippen LogP contribution >= 0.6 is 0 Å². The van der Waals surface area contributed by atoms with Crippen molar-refractivity contribution in [2.24, 2.45) is 4.99 Å². The highest BCUT2D eigenvalue weighted by Crippen LogP contribution is 2.23. The van der Waals surface area contributed by atoms with E-state index in [9.17, 15) is 24.9 Å². The molecule has 0 fully saturated rings. The number of aliphatic imine (C=N–C) groups is 1. The number of carboxylic acids is 1. The van der Waals surface area contributed by atoms with E-state index in [-0.39, 0.29) is 24.5 Å². The number of phenols is 2. The summed E-state index contributed by atoms with van der Waals surface area (Å²) in [7, 11) is 0. The molecule has 4 N–H and O–H groups in total. The average molecular weight is 555 g/mol. The molecule has 0 heterocycles. The molecule has 0 aliphatic rings. The molecule has 0 saturated heterocycles. The Bertz CT molecular complexity index is 1040. The first-order valence-corrected chi connectivity index (χ1v) is 14.6. The molecular weight excluding hydrogens is 508 g/mol. The molecule has 0 bridgehead atoms. The predicted molar refractivity (Wildman–Crippen MR) is 159 cm³/mol. The summed E-state index contributed by atoms with van der Waals surface area (Å²) in [6.07, 6.45) is 16.9. The van der Waals surface area contributed by atoms with E-state index in [0.717, 1.165) is 12.8 Å². The van der Waals surface area contributed by atoms with Gasteiger partial charge in [-0.2, -0.15) is 0 Å². The maximum absolute atomic E-state index is 12.2. The maximum Gasteiger partial charge on any atom is 0.326 e. The third kappa shape index (κ3) is 14.0. The molecule has 2 aromatic rings. The van der Waals surface area contributed by atoms with Crippen LogP contribution in [-0.2, 0) is 16.0 Å². The molecule has 40 heavy (non-hydrogen) atoms. The Hall–Kier alpha value is -3.55. The molecule has 0 spiro atoms. The molecule has 1 amide bonds. The Kier molecular flexibility index (Phi) is 15.9. The van der Waals surface area contributed by atoms with E-state index in [1.54, 1.807) is 24.3 Å². The first-order chi connectivity index (χ1) is 19.4. The highest BCUT2D eigenvalue weighted by Gasteiger charge is 2.20. The Morgan fingerprint density at radius 1 is 0.875 bits per heavy atom. The molecule has 0 aliphatic carbocycles. The summed E-state index contributed by atoms with van der Waals surface area (Å²) in [5.74, 6) is -1.07. The number of nitrogens with one attached hydrogen (secondary N) is 1. The molecule has 8 heteroatoms. The van der Waals surface area contributed by atoms with Crippen molar-refractivity contribution >= 4 is 18.1 Å². The van der Waals surface area contributed by atoms with E-state index in [0.29, 0.717) is 23.5 Å². The van der Waals surface area contributed by atoms with Gasteiger partial charge in [-0.25, -0.2) is 4.79 Å². The van der Waals surface area contributed by atoms with Crippen LogP contribution in [-0.4, -0.2) is 52.6 Å². The number of rotatable bonds is 21. The van der Waals surface area contributed by atoms with E-state index >= 15 is 0 Å². The molecule has 2 rings (SSSR count). The fraction of sp³-hybridized carbons (Fsp3) is 0.531. The molecule has 1 atom stereocenters. The van der Waals surface area contributed by atoms with Gasteiger partial charge in [-0.15, -0.1) is 0 Å². The van der Waals surface area contributed by atoms with E-state index < -0.39 is 17.9 Å². The van der Waals surface area contributed by atoms with Gasteiger partial charge in [0.1, 0.15) is 29.8 Å². The average Bonchev–Trinajstić information content (AvgIpc) is 2.93. The van der Waals surface area contributed by atoms with Crippen LogP contribution in [0, 0.1) is 0 Å². The minimum absolute atomic E-state index is 0.00732. The highest BCUT2D eigenvalue weighted by molar-refractivity contribution is 5.88. The summed E-state index contributed by atoms with van der Waals surface area (Å²) in [5, 5.41) is 31.5. The number of aromatic hydroxyl groups is 2. The number of phenolic OH excluding ortho intramolecular Hbond substituents is 2. The first-order valence-electron chi connectivity index (χ1n) is 14.6. The van der Waals surface area contributed by atoms with Gasteiger partial charge >= 0.3 is 5.97 Å². The molecule has 0 radical (unpaired) electrons. The van der Waals surface area contributed by atoms with Crippen molar-refractivity contribution in [2.75, 3.05) is 13.2 Å². The van der Waals surface area contributed by atoms with E-state index in [2.05, 4.69) is 17.2 Å². The molecule has 0 unspecified atom stereocenters. The normalized spacial score (nSPS) is 11.9. The zero-order chi connectivity index (χ0) is 29.0. The maximum atomic E-state index is 12.2. The molecule has 2 aromatic carbocycles. The van der Waals surface area contributed by atoms with Gasteiger partial charge in [0, 0.05) is 24.3 Å². The van der Waals surface area contributed by atoms with Crippen LogP contribution in [0.3, 0.4) is 0 Å². The zero-order valence-corrected chi connectivity index (χ0v) is 23.8. The van der Waals surface area contributed by atoms with Crippen molar-refractivity contribution in [1.82, 2.24) is 5.32 Å². The summed E-state index contributed by atoms with van der Waals surface area (Å²) < 4.78 is 5.76. The number of amides is 1. The lowest BCUT2D eigenvalue weighted by molar-refractivity contribution is -0.141. The number of nitrogens with zero attached hydrogens (tertiary/aromatic N) is 1. The van der Waals surface area contributed by atoms with Crippen molar-refractivity contribution in [1.29, 1.82) is 0 Å². The highest BCUT2D eigenvalue weighted by atomic mass is 16.5. The summed E-state index contributed by atoms with van der Waals surface area (Å²) in [5.41, 5.74) is 1.10. The number of benzene rings is 2. The van der Waals surface area contributed by atoms with Crippen LogP contribution in [0.15, 0.2) is 47.5 Å². The van der Waals surface area contributed by atoms with Crippen molar-refractivity contribution in [3.63, 3.8) is 0 Å². The van der Waals surface area contributed by atoms with Gasteiger partial charge < -0.3 is 25.4 Å². The summed E-state index contributed by atoms with van der Waals surface area (Å²) in [6.45, 7) is 2.56. The van der Waals surface area contributed by atoms with E-state index in [1.807, 2.05) is 0 Å². The third-order valence-corrected chi connectivity index (χ3v) is 6.74. The van der Waals surface area contributed by atoms with E-state index in [4.69, 9.17) is 4.74 Å². The van der Waals surface area contributed by atoms with Crippen LogP contribution in [0.1, 0.15) is 95.1 Å². The van der Waals surface area contributed by atoms with Gasteiger partial charge in [0.15, 0.2) is 0 Å². The minimum atomic E-state index is -1.16. The minimum Gasteiger partial charge on any atom is -0.508 e. The Labute approximate surface area is 238 Å².